The summed E-state index contributed by atoms with van der Waals surface area (Å²) in [7, 11) is 1.48. The van der Waals surface area contributed by atoms with Gasteiger partial charge in [0.05, 0.1) is 13.7 Å². The van der Waals surface area contributed by atoms with Crippen LogP contribution in [0.2, 0.25) is 0 Å². The fourth-order valence-electron chi connectivity index (χ4n) is 3.67. The van der Waals surface area contributed by atoms with E-state index >= 15 is 0 Å². The highest BCUT2D eigenvalue weighted by atomic mass is 16.6. The molecule has 1 atom stereocenters. The van der Waals surface area contributed by atoms with Crippen molar-refractivity contribution < 1.29 is 42.8 Å². The lowest BCUT2D eigenvalue weighted by Crippen LogP contribution is -2.09. The Hall–Kier alpha value is -5.15. The Kier molecular flexibility index (Phi) is 9.01. The van der Waals surface area contributed by atoms with Crippen LogP contribution in [0.1, 0.15) is 6.92 Å². The van der Waals surface area contributed by atoms with Gasteiger partial charge in [-0.25, -0.2) is 14.4 Å². The molecule has 1 aliphatic rings. The van der Waals surface area contributed by atoms with E-state index in [1.165, 1.54) is 13.2 Å². The highest BCUT2D eigenvalue weighted by Gasteiger charge is 2.24. The van der Waals surface area contributed by atoms with Crippen molar-refractivity contribution in [2.45, 2.75) is 13.0 Å². The molecule has 0 aromatic heterocycles. The van der Waals surface area contributed by atoms with Gasteiger partial charge in [-0.2, -0.15) is 0 Å². The molecule has 1 aliphatic heterocycles. The Morgan fingerprint density at radius 3 is 1.95 bits per heavy atom. The zero-order valence-electron chi connectivity index (χ0n) is 22.6. The molecule has 0 amide bonds. The third-order valence-electron chi connectivity index (χ3n) is 5.87. The molecule has 0 N–H and O–H groups in total. The van der Waals surface area contributed by atoms with Crippen LogP contribution in [-0.2, 0) is 19.1 Å². The first-order chi connectivity index (χ1) is 19.7. The van der Waals surface area contributed by atoms with E-state index in [9.17, 15) is 14.4 Å². The molecule has 1 heterocycles. The van der Waals surface area contributed by atoms with Crippen LogP contribution in [0.4, 0.5) is 0 Å². The van der Waals surface area contributed by atoms with Crippen molar-refractivity contribution >= 4 is 17.9 Å². The second-order valence-electron chi connectivity index (χ2n) is 8.92. The van der Waals surface area contributed by atoms with Gasteiger partial charge in [0.25, 0.3) is 0 Å². The molecule has 1 fully saturated rings. The largest absolute Gasteiger partial charge is 0.493 e. The van der Waals surface area contributed by atoms with Gasteiger partial charge < -0.3 is 28.4 Å². The van der Waals surface area contributed by atoms with Gasteiger partial charge in [0.1, 0.15) is 18.5 Å². The smallest absolute Gasteiger partial charge is 0.338 e. The van der Waals surface area contributed by atoms with Gasteiger partial charge >= 0.3 is 17.9 Å². The predicted octanol–water partition coefficient (Wildman–Crippen LogP) is 5.47. The van der Waals surface area contributed by atoms with Gasteiger partial charge in [-0.1, -0.05) is 44.0 Å². The van der Waals surface area contributed by atoms with Crippen molar-refractivity contribution in [3.63, 3.8) is 0 Å². The number of methoxy groups -OCH3 is 1. The van der Waals surface area contributed by atoms with Gasteiger partial charge in [-0.05, 0) is 53.9 Å². The average Bonchev–Trinajstić information content (AvgIpc) is 3.81. The normalized spacial score (nSPS) is 13.4. The van der Waals surface area contributed by atoms with E-state index in [2.05, 4.69) is 19.7 Å². The summed E-state index contributed by atoms with van der Waals surface area (Å²) >= 11 is 0. The molecule has 41 heavy (non-hydrogen) atoms. The maximum atomic E-state index is 12.2. The number of hydrogen-bond donors (Lipinski definition) is 0. The highest BCUT2D eigenvalue weighted by Crippen LogP contribution is 2.40. The topological polar surface area (TPSA) is 110 Å². The van der Waals surface area contributed by atoms with Crippen molar-refractivity contribution in [3.8, 4) is 51.0 Å². The Bertz CT molecular complexity index is 1530. The second kappa shape index (κ2) is 12.8. The summed E-state index contributed by atoms with van der Waals surface area (Å²) in [6.07, 6.45) is 1.99. The van der Waals surface area contributed by atoms with Gasteiger partial charge in [0.15, 0.2) is 23.0 Å². The third kappa shape index (κ3) is 7.28. The van der Waals surface area contributed by atoms with Crippen molar-refractivity contribution in [2.75, 3.05) is 20.3 Å². The molecule has 9 heteroatoms. The Morgan fingerprint density at radius 2 is 1.34 bits per heavy atom. The lowest BCUT2D eigenvalue weighted by molar-refractivity contribution is -0.131. The fraction of sp³-hybridized carbons (Fsp3) is 0.156. The molecular formula is C32H28O9. The quantitative estimate of drug-likeness (QED) is 0.124. The van der Waals surface area contributed by atoms with Crippen molar-refractivity contribution in [1.82, 2.24) is 0 Å². The van der Waals surface area contributed by atoms with Gasteiger partial charge in [0.2, 0.25) is 0 Å². The molecule has 0 bridgehead atoms. The molecule has 0 spiro atoms. The van der Waals surface area contributed by atoms with Crippen LogP contribution in [0, 0.1) is 0 Å². The van der Waals surface area contributed by atoms with E-state index in [1.54, 1.807) is 31.2 Å². The minimum atomic E-state index is -0.724. The zero-order valence-corrected chi connectivity index (χ0v) is 22.6. The summed E-state index contributed by atoms with van der Waals surface area (Å²) in [5.41, 5.74) is 3.06. The molecule has 0 saturated carbocycles. The van der Waals surface area contributed by atoms with Crippen molar-refractivity contribution in [2.24, 2.45) is 0 Å². The number of esters is 3. The number of rotatable bonds is 12. The van der Waals surface area contributed by atoms with E-state index in [0.717, 1.165) is 23.3 Å². The molecule has 210 valence electrons. The Morgan fingerprint density at radius 1 is 0.805 bits per heavy atom. The number of carbonyl (C=O) groups excluding carboxylic acids is 3. The maximum Gasteiger partial charge on any atom is 0.338 e. The predicted molar refractivity (Wildman–Crippen MR) is 151 cm³/mol. The zero-order chi connectivity index (χ0) is 29.5. The third-order valence-corrected chi connectivity index (χ3v) is 5.87. The SMILES string of the molecule is C=CC(=O)Oc1ccc(-c2ccc(-c3ccc(OC)c(OC(=O)C(=C)C)c3)cc2OCC2CO2)cc1OC(=O)C=C. The van der Waals surface area contributed by atoms with Gasteiger partial charge in [0, 0.05) is 23.3 Å². The van der Waals surface area contributed by atoms with Crippen LogP contribution in [0.3, 0.4) is 0 Å². The number of hydrogen-bond acceptors (Lipinski definition) is 9. The first-order valence-electron chi connectivity index (χ1n) is 12.5. The lowest BCUT2D eigenvalue weighted by atomic mass is 9.98. The molecule has 0 aliphatic carbocycles. The maximum absolute atomic E-state index is 12.2. The summed E-state index contributed by atoms with van der Waals surface area (Å²) in [4.78, 5) is 36.0. The van der Waals surface area contributed by atoms with E-state index < -0.39 is 17.9 Å². The lowest BCUT2D eigenvalue weighted by Gasteiger charge is -2.16. The standard InChI is InChI=1S/C32H28O9/c1-6-30(33)39-26-13-10-22(16-29(26)40-31(34)7-2)24-11-8-20(14-27(24)38-18-23-17-37-23)21-9-12-25(36-5)28(15-21)41-32(35)19(3)4/h6-16,23H,1-3,17-18H2,4-5H3. The van der Waals surface area contributed by atoms with Crippen molar-refractivity contribution in [3.05, 3.63) is 92.1 Å². The summed E-state index contributed by atoms with van der Waals surface area (Å²) in [5.74, 6) is -0.796. The molecular weight excluding hydrogens is 528 g/mol. The average molecular weight is 557 g/mol. The molecule has 3 aromatic rings. The minimum absolute atomic E-state index is 0.00884. The van der Waals surface area contributed by atoms with E-state index in [-0.39, 0.29) is 28.9 Å². The van der Waals surface area contributed by atoms with Crippen LogP contribution in [-0.4, -0.2) is 44.3 Å². The number of carbonyl (C=O) groups is 3. The van der Waals surface area contributed by atoms with Crippen LogP contribution in [0.15, 0.2) is 92.1 Å². The molecule has 4 rings (SSSR count). The first-order valence-corrected chi connectivity index (χ1v) is 12.5. The van der Waals surface area contributed by atoms with Crippen LogP contribution < -0.4 is 23.7 Å². The second-order valence-corrected chi connectivity index (χ2v) is 8.92. The van der Waals surface area contributed by atoms with E-state index in [4.69, 9.17) is 28.4 Å². The number of epoxide rings is 1. The van der Waals surface area contributed by atoms with Crippen molar-refractivity contribution in [1.29, 1.82) is 0 Å². The summed E-state index contributed by atoms with van der Waals surface area (Å²) in [5, 5.41) is 0. The molecule has 0 radical (unpaired) electrons. The Labute approximate surface area is 237 Å². The first kappa shape index (κ1) is 28.8. The monoisotopic (exact) mass is 556 g/mol. The summed E-state index contributed by atoms with van der Waals surface area (Å²) in [6, 6.07) is 15.5. The van der Waals surface area contributed by atoms with E-state index in [1.807, 2.05) is 24.3 Å². The molecule has 1 unspecified atom stereocenters. The summed E-state index contributed by atoms with van der Waals surface area (Å²) in [6.45, 7) is 12.9. The van der Waals surface area contributed by atoms with Crippen LogP contribution in [0.5, 0.6) is 28.7 Å². The molecule has 1 saturated heterocycles. The van der Waals surface area contributed by atoms with Gasteiger partial charge in [-0.15, -0.1) is 0 Å². The number of benzene rings is 3. The van der Waals surface area contributed by atoms with Crippen LogP contribution >= 0.6 is 0 Å². The van der Waals surface area contributed by atoms with E-state index in [0.29, 0.717) is 35.8 Å². The Balaban J connectivity index is 1.75. The molecule has 9 nitrogen and oxygen atoms in total. The highest BCUT2D eigenvalue weighted by molar-refractivity contribution is 5.90. The number of ether oxygens (including phenoxy) is 6. The summed E-state index contributed by atoms with van der Waals surface area (Å²) < 4.78 is 32.8. The minimum Gasteiger partial charge on any atom is -0.493 e. The van der Waals surface area contributed by atoms with Crippen LogP contribution in [0.25, 0.3) is 22.3 Å². The molecule has 3 aromatic carbocycles. The fourth-order valence-corrected chi connectivity index (χ4v) is 3.67. The van der Waals surface area contributed by atoms with Gasteiger partial charge in [-0.3, -0.25) is 0 Å².